The van der Waals surface area contributed by atoms with Gasteiger partial charge in [0.25, 0.3) is 0 Å². The van der Waals surface area contributed by atoms with Gasteiger partial charge in [-0.3, -0.25) is 0 Å². The molecule has 1 aromatic rings. The SMILES string of the molecule is [O-]c1ccc[nH]c1=S. The van der Waals surface area contributed by atoms with Crippen molar-refractivity contribution < 1.29 is 5.11 Å². The molecule has 1 aromatic heterocycles. The zero-order valence-electron chi connectivity index (χ0n) is 4.05. The predicted molar refractivity (Wildman–Crippen MR) is 31.1 cm³/mol. The molecule has 1 N–H and O–H groups in total. The number of H-pyrrole nitrogens is 1. The van der Waals surface area contributed by atoms with E-state index in [-0.39, 0.29) is 10.4 Å². The Morgan fingerprint density at radius 1 is 1.62 bits per heavy atom. The first-order valence-electron chi connectivity index (χ1n) is 2.15. The quantitative estimate of drug-likeness (QED) is 0.522. The molecule has 0 atom stereocenters. The van der Waals surface area contributed by atoms with E-state index in [0.717, 1.165) is 0 Å². The van der Waals surface area contributed by atoms with E-state index in [4.69, 9.17) is 0 Å². The minimum absolute atomic E-state index is 0.123. The first kappa shape index (κ1) is 5.31. The van der Waals surface area contributed by atoms with Crippen LogP contribution in [0.15, 0.2) is 18.3 Å². The Morgan fingerprint density at radius 3 is 2.75 bits per heavy atom. The molecule has 3 heteroatoms. The molecule has 0 spiro atoms. The predicted octanol–water partition coefficient (Wildman–Crippen LogP) is 0.818. The highest BCUT2D eigenvalue weighted by molar-refractivity contribution is 7.71. The summed E-state index contributed by atoms with van der Waals surface area (Å²) in [6, 6.07) is 3.05. The van der Waals surface area contributed by atoms with E-state index in [2.05, 4.69) is 17.2 Å². The Hall–Kier alpha value is -0.830. The van der Waals surface area contributed by atoms with Crippen LogP contribution in [0.5, 0.6) is 5.75 Å². The molecule has 1 heterocycles. The highest BCUT2D eigenvalue weighted by atomic mass is 32.1. The molecular formula is C5H4NOS-. The van der Waals surface area contributed by atoms with Crippen molar-refractivity contribution in [3.63, 3.8) is 0 Å². The van der Waals surface area contributed by atoms with Crippen LogP contribution in [0.1, 0.15) is 0 Å². The van der Waals surface area contributed by atoms with E-state index in [9.17, 15) is 5.11 Å². The molecule has 0 bridgehead atoms. The fraction of sp³-hybridized carbons (Fsp3) is 0. The van der Waals surface area contributed by atoms with Crippen molar-refractivity contribution >= 4 is 12.2 Å². The van der Waals surface area contributed by atoms with E-state index in [0.29, 0.717) is 0 Å². The molecule has 2 nitrogen and oxygen atoms in total. The third kappa shape index (κ3) is 0.869. The van der Waals surface area contributed by atoms with Crippen molar-refractivity contribution in [1.82, 2.24) is 4.98 Å². The Morgan fingerprint density at radius 2 is 2.38 bits per heavy atom. The lowest BCUT2D eigenvalue weighted by Gasteiger charge is -2.00. The van der Waals surface area contributed by atoms with Crippen molar-refractivity contribution in [2.24, 2.45) is 0 Å². The van der Waals surface area contributed by atoms with Gasteiger partial charge in [-0.15, -0.1) is 0 Å². The van der Waals surface area contributed by atoms with Crippen LogP contribution in [-0.4, -0.2) is 4.98 Å². The minimum Gasteiger partial charge on any atom is -0.870 e. The van der Waals surface area contributed by atoms with Crippen molar-refractivity contribution in [2.75, 3.05) is 0 Å². The maximum atomic E-state index is 10.5. The molecule has 0 aliphatic rings. The van der Waals surface area contributed by atoms with Gasteiger partial charge in [0.1, 0.15) is 0 Å². The summed E-state index contributed by atoms with van der Waals surface area (Å²) < 4.78 is 0.271. The summed E-state index contributed by atoms with van der Waals surface area (Å²) in [5, 5.41) is 10.5. The van der Waals surface area contributed by atoms with Gasteiger partial charge in [0.2, 0.25) is 0 Å². The van der Waals surface area contributed by atoms with E-state index in [1.807, 2.05) is 0 Å². The van der Waals surface area contributed by atoms with E-state index >= 15 is 0 Å². The Kier molecular flexibility index (Phi) is 1.30. The largest absolute Gasteiger partial charge is 0.870 e. The number of pyridine rings is 1. The molecule has 0 aromatic carbocycles. The molecule has 0 aliphatic carbocycles. The first-order valence-corrected chi connectivity index (χ1v) is 2.56. The van der Waals surface area contributed by atoms with E-state index in [1.165, 1.54) is 6.07 Å². The fourth-order valence-electron chi connectivity index (χ4n) is 0.406. The number of hydrogen-bond donors (Lipinski definition) is 1. The van der Waals surface area contributed by atoms with Crippen LogP contribution in [0.25, 0.3) is 0 Å². The molecule has 0 saturated heterocycles. The fourth-order valence-corrected chi connectivity index (χ4v) is 0.542. The van der Waals surface area contributed by atoms with Crippen LogP contribution in [0.2, 0.25) is 0 Å². The Balaban J connectivity index is 3.35. The number of aromatic amines is 1. The van der Waals surface area contributed by atoms with Gasteiger partial charge in [-0.1, -0.05) is 24.0 Å². The van der Waals surface area contributed by atoms with Crippen LogP contribution in [0, 0.1) is 4.64 Å². The summed E-state index contributed by atoms with van der Waals surface area (Å²) in [7, 11) is 0. The van der Waals surface area contributed by atoms with Gasteiger partial charge < -0.3 is 10.1 Å². The van der Waals surface area contributed by atoms with Crippen LogP contribution in [0.3, 0.4) is 0 Å². The van der Waals surface area contributed by atoms with Crippen LogP contribution in [0.4, 0.5) is 0 Å². The smallest absolute Gasteiger partial charge is 0.0948 e. The summed E-state index contributed by atoms with van der Waals surface area (Å²) in [5.41, 5.74) is 0. The van der Waals surface area contributed by atoms with Gasteiger partial charge in [0.05, 0.1) is 4.64 Å². The monoisotopic (exact) mass is 126 g/mol. The second-order valence-corrected chi connectivity index (χ2v) is 1.77. The van der Waals surface area contributed by atoms with Crippen LogP contribution >= 0.6 is 12.2 Å². The highest BCUT2D eigenvalue weighted by Gasteiger charge is 1.72. The van der Waals surface area contributed by atoms with Crippen LogP contribution in [-0.2, 0) is 0 Å². The zero-order chi connectivity index (χ0) is 5.98. The molecule has 0 radical (unpaired) electrons. The average Bonchev–Trinajstić information content (AvgIpc) is 1.77. The molecule has 42 valence electrons. The minimum atomic E-state index is -0.123. The molecule has 0 fully saturated rings. The molecule has 1 rings (SSSR count). The molecule has 0 aliphatic heterocycles. The van der Waals surface area contributed by atoms with Crippen molar-refractivity contribution in [3.8, 4) is 5.75 Å². The summed E-state index contributed by atoms with van der Waals surface area (Å²) in [6.07, 6.45) is 1.63. The molecular weight excluding hydrogens is 122 g/mol. The summed E-state index contributed by atoms with van der Waals surface area (Å²) >= 11 is 4.59. The Bertz CT molecular complexity index is 230. The van der Waals surface area contributed by atoms with Gasteiger partial charge in [0.15, 0.2) is 0 Å². The second kappa shape index (κ2) is 1.96. The average molecular weight is 126 g/mol. The van der Waals surface area contributed by atoms with Gasteiger partial charge >= 0.3 is 0 Å². The third-order valence-corrected chi connectivity index (χ3v) is 1.10. The van der Waals surface area contributed by atoms with Gasteiger partial charge in [-0.05, 0) is 6.07 Å². The highest BCUT2D eigenvalue weighted by Crippen LogP contribution is 2.00. The van der Waals surface area contributed by atoms with Crippen molar-refractivity contribution in [2.45, 2.75) is 0 Å². The number of rotatable bonds is 0. The maximum absolute atomic E-state index is 10.5. The first-order chi connectivity index (χ1) is 3.80. The molecule has 0 saturated carbocycles. The third-order valence-electron chi connectivity index (χ3n) is 0.782. The lowest BCUT2D eigenvalue weighted by molar-refractivity contribution is -0.269. The number of hydrogen-bond acceptors (Lipinski definition) is 2. The van der Waals surface area contributed by atoms with Crippen molar-refractivity contribution in [1.29, 1.82) is 0 Å². The Labute approximate surface area is 51.8 Å². The van der Waals surface area contributed by atoms with E-state index < -0.39 is 0 Å². The van der Waals surface area contributed by atoms with Gasteiger partial charge in [0, 0.05) is 6.20 Å². The summed E-state index contributed by atoms with van der Waals surface area (Å²) in [4.78, 5) is 2.60. The molecule has 0 unspecified atom stereocenters. The van der Waals surface area contributed by atoms with Crippen LogP contribution < -0.4 is 5.11 Å². The second-order valence-electron chi connectivity index (χ2n) is 1.36. The molecule has 8 heavy (non-hydrogen) atoms. The van der Waals surface area contributed by atoms with Gasteiger partial charge in [-0.2, -0.15) is 0 Å². The van der Waals surface area contributed by atoms with Gasteiger partial charge in [-0.25, -0.2) is 0 Å². The topological polar surface area (TPSA) is 38.8 Å². The zero-order valence-corrected chi connectivity index (χ0v) is 4.87. The standard InChI is InChI=1S/C5H5NOS/c7-4-2-1-3-6-5(4)8/h1-3,7H,(H,6,8)/p-1. The van der Waals surface area contributed by atoms with E-state index in [1.54, 1.807) is 12.3 Å². The maximum Gasteiger partial charge on any atom is 0.0948 e. The lowest BCUT2D eigenvalue weighted by atomic mass is 10.5. The summed E-state index contributed by atoms with van der Waals surface area (Å²) in [5.74, 6) is -0.123. The summed E-state index contributed by atoms with van der Waals surface area (Å²) in [6.45, 7) is 0. The lowest BCUT2D eigenvalue weighted by Crippen LogP contribution is -1.90. The normalized spacial score (nSPS) is 9.00. The number of nitrogens with one attached hydrogen (secondary N) is 1. The van der Waals surface area contributed by atoms with Crippen molar-refractivity contribution in [3.05, 3.63) is 23.0 Å². The number of aromatic nitrogens is 1. The molecule has 0 amide bonds.